The number of nitrogens with zero attached hydrogens (tertiary/aromatic N) is 2. The highest BCUT2D eigenvalue weighted by Crippen LogP contribution is 2.27. The van der Waals surface area contributed by atoms with Crippen molar-refractivity contribution < 1.29 is 33.3 Å². The molecule has 0 atom stereocenters. The molecule has 3 aromatic rings. The topological polar surface area (TPSA) is 120 Å². The first-order valence-corrected chi connectivity index (χ1v) is 12.3. The SMILES string of the molecule is C=CCC1(O)CCN(C(=O)c2ccc(N)cc2)CC1.CC(F)(F)F.CO.OCc1cccc2scnc12. The molecule has 0 bridgehead atoms. The molecule has 2 heterocycles. The van der Waals surface area contributed by atoms with Gasteiger partial charge in [0.25, 0.3) is 5.91 Å². The van der Waals surface area contributed by atoms with Gasteiger partial charge in [0.15, 0.2) is 0 Å². The molecule has 7 nitrogen and oxygen atoms in total. The zero-order valence-electron chi connectivity index (χ0n) is 20.9. The smallest absolute Gasteiger partial charge is 0.386 e. The van der Waals surface area contributed by atoms with Crippen LogP contribution in [0.25, 0.3) is 10.2 Å². The fourth-order valence-electron chi connectivity index (χ4n) is 3.48. The van der Waals surface area contributed by atoms with Crippen molar-refractivity contribution in [3.05, 3.63) is 71.8 Å². The molecule has 5 N–H and O–H groups in total. The van der Waals surface area contributed by atoms with Crippen LogP contribution in [-0.4, -0.2) is 63.1 Å². The first kappa shape index (κ1) is 32.0. The lowest BCUT2D eigenvalue weighted by molar-refractivity contribution is -0.110. The van der Waals surface area contributed by atoms with Crippen molar-refractivity contribution in [2.75, 3.05) is 25.9 Å². The molecule has 0 radical (unpaired) electrons. The summed E-state index contributed by atoms with van der Waals surface area (Å²) in [5.74, 6) is 0.000605. The number of hydrogen-bond donors (Lipinski definition) is 4. The summed E-state index contributed by atoms with van der Waals surface area (Å²) < 4.78 is 32.2. The van der Waals surface area contributed by atoms with E-state index in [0.29, 0.717) is 43.6 Å². The van der Waals surface area contributed by atoms with Crippen LogP contribution < -0.4 is 5.73 Å². The molecule has 1 amide bonds. The predicted octanol–water partition coefficient (Wildman–Crippen LogP) is 4.78. The molecule has 0 aliphatic carbocycles. The molecule has 11 heteroatoms. The number of halogens is 3. The van der Waals surface area contributed by atoms with Crippen LogP contribution in [0.3, 0.4) is 0 Å². The van der Waals surface area contributed by atoms with E-state index < -0.39 is 11.8 Å². The number of nitrogens with two attached hydrogens (primary N) is 1. The molecule has 37 heavy (non-hydrogen) atoms. The number of fused-ring (bicyclic) bond motifs is 1. The largest absolute Gasteiger partial charge is 0.400 e. The molecule has 1 fully saturated rings. The van der Waals surface area contributed by atoms with Gasteiger partial charge in [0.1, 0.15) is 0 Å². The van der Waals surface area contributed by atoms with Gasteiger partial charge < -0.3 is 26.0 Å². The standard InChI is InChI=1S/C15H20N2O2.C8H7NOS.C2H3F3.CH4O/c1-2-7-15(19)8-10-17(11-9-15)14(18)12-3-5-13(16)6-4-12;10-4-6-2-1-3-7-8(6)9-5-11-7;1-2(3,4)5;1-2/h2-6,19H,1,7-11,16H2;1-3,5,10H,4H2;1H3;2H,1H3. The molecule has 0 saturated carbocycles. The Hall–Kier alpha value is -2.99. The summed E-state index contributed by atoms with van der Waals surface area (Å²) in [5, 5.41) is 26.2. The minimum Gasteiger partial charge on any atom is -0.400 e. The van der Waals surface area contributed by atoms with Gasteiger partial charge in [0.2, 0.25) is 0 Å². The highest BCUT2D eigenvalue weighted by Gasteiger charge is 2.32. The Bertz CT molecular complexity index is 1090. The van der Waals surface area contributed by atoms with E-state index in [9.17, 15) is 23.1 Å². The van der Waals surface area contributed by atoms with E-state index in [0.717, 1.165) is 22.9 Å². The Morgan fingerprint density at radius 3 is 2.27 bits per heavy atom. The molecule has 0 unspecified atom stereocenters. The maximum absolute atomic E-state index is 12.3. The zero-order valence-corrected chi connectivity index (χ0v) is 21.7. The van der Waals surface area contributed by atoms with E-state index in [1.807, 2.05) is 18.2 Å². The Morgan fingerprint density at radius 2 is 1.76 bits per heavy atom. The number of likely N-dealkylation sites (tertiary alicyclic amines) is 1. The molecule has 1 aliphatic heterocycles. The molecular weight excluding hydrogens is 507 g/mol. The maximum Gasteiger partial charge on any atom is 0.386 e. The summed E-state index contributed by atoms with van der Waals surface area (Å²) >= 11 is 1.59. The van der Waals surface area contributed by atoms with Crippen molar-refractivity contribution in [3.63, 3.8) is 0 Å². The molecule has 2 aromatic carbocycles. The van der Waals surface area contributed by atoms with Crippen molar-refractivity contribution in [2.24, 2.45) is 0 Å². The second-order valence-corrected chi connectivity index (χ2v) is 9.07. The van der Waals surface area contributed by atoms with Gasteiger partial charge >= 0.3 is 6.18 Å². The van der Waals surface area contributed by atoms with Gasteiger partial charge in [-0.3, -0.25) is 4.79 Å². The molecule has 1 aromatic heterocycles. The van der Waals surface area contributed by atoms with Crippen molar-refractivity contribution in [1.82, 2.24) is 9.88 Å². The molecular formula is C26H34F3N3O4S. The lowest BCUT2D eigenvalue weighted by Crippen LogP contribution is -2.46. The van der Waals surface area contributed by atoms with E-state index in [1.54, 1.807) is 52.1 Å². The van der Waals surface area contributed by atoms with Gasteiger partial charge in [-0.15, -0.1) is 17.9 Å². The molecule has 204 valence electrons. The van der Waals surface area contributed by atoms with Crippen LogP contribution >= 0.6 is 11.3 Å². The monoisotopic (exact) mass is 541 g/mol. The number of hydrogen-bond acceptors (Lipinski definition) is 7. The third-order valence-electron chi connectivity index (χ3n) is 5.28. The highest BCUT2D eigenvalue weighted by atomic mass is 32.1. The van der Waals surface area contributed by atoms with E-state index in [-0.39, 0.29) is 19.4 Å². The Kier molecular flexibility index (Phi) is 13.3. The number of nitrogen functional groups attached to an aromatic ring is 1. The summed E-state index contributed by atoms with van der Waals surface area (Å²) in [6, 6.07) is 12.8. The van der Waals surface area contributed by atoms with E-state index in [2.05, 4.69) is 11.6 Å². The van der Waals surface area contributed by atoms with Gasteiger partial charge in [-0.1, -0.05) is 18.2 Å². The number of anilines is 1. The summed E-state index contributed by atoms with van der Waals surface area (Å²) in [6.07, 6.45) is -0.492. The normalized spacial score (nSPS) is 14.2. The Labute approximate surface area is 218 Å². The van der Waals surface area contributed by atoms with Crippen LogP contribution in [0.1, 0.15) is 42.1 Å². The minimum absolute atomic E-state index is 0.000605. The minimum atomic E-state index is -4.00. The zero-order chi connectivity index (χ0) is 28.1. The van der Waals surface area contributed by atoms with Crippen LogP contribution in [0.2, 0.25) is 0 Å². The Balaban J connectivity index is 0.000000319. The van der Waals surface area contributed by atoms with E-state index >= 15 is 0 Å². The number of benzene rings is 2. The maximum atomic E-state index is 12.3. The molecule has 1 saturated heterocycles. The summed E-state index contributed by atoms with van der Waals surface area (Å²) in [6.45, 7) is 5.07. The number of carbonyl (C=O) groups is 1. The predicted molar refractivity (Wildman–Crippen MR) is 141 cm³/mol. The fraction of sp³-hybridized carbons (Fsp3) is 0.385. The number of para-hydroxylation sites is 1. The lowest BCUT2D eigenvalue weighted by atomic mass is 9.88. The number of aromatic nitrogens is 1. The lowest BCUT2D eigenvalue weighted by Gasteiger charge is -2.37. The van der Waals surface area contributed by atoms with Crippen molar-refractivity contribution in [2.45, 2.75) is 44.6 Å². The molecule has 1 aliphatic rings. The average Bonchev–Trinajstić information content (AvgIpc) is 3.34. The highest BCUT2D eigenvalue weighted by molar-refractivity contribution is 7.16. The van der Waals surface area contributed by atoms with Crippen molar-refractivity contribution >= 4 is 33.1 Å². The summed E-state index contributed by atoms with van der Waals surface area (Å²) in [4.78, 5) is 18.2. The van der Waals surface area contributed by atoms with Gasteiger partial charge in [0.05, 0.1) is 27.9 Å². The van der Waals surface area contributed by atoms with Gasteiger partial charge in [-0.25, -0.2) is 4.98 Å². The second-order valence-electron chi connectivity index (χ2n) is 8.19. The van der Waals surface area contributed by atoms with Crippen molar-refractivity contribution in [3.8, 4) is 0 Å². The van der Waals surface area contributed by atoms with Crippen LogP contribution in [0, 0.1) is 0 Å². The summed E-state index contributed by atoms with van der Waals surface area (Å²) in [5.41, 5.74) is 9.83. The third kappa shape index (κ3) is 11.3. The van der Waals surface area contributed by atoms with Crippen LogP contribution in [0.15, 0.2) is 60.6 Å². The summed E-state index contributed by atoms with van der Waals surface area (Å²) in [7, 11) is 1.00. The number of thiazole rings is 1. The number of alkyl halides is 3. The quantitative estimate of drug-likeness (QED) is 0.279. The molecule has 4 rings (SSSR count). The Morgan fingerprint density at radius 1 is 1.19 bits per heavy atom. The first-order chi connectivity index (χ1) is 17.5. The van der Waals surface area contributed by atoms with Gasteiger partial charge in [-0.05, 0) is 49.6 Å². The average molecular weight is 542 g/mol. The number of piperidine rings is 1. The molecule has 0 spiro atoms. The van der Waals surface area contributed by atoms with Gasteiger partial charge in [0, 0.05) is 43.9 Å². The van der Waals surface area contributed by atoms with E-state index in [4.69, 9.17) is 15.9 Å². The number of aliphatic hydroxyl groups excluding tert-OH is 2. The van der Waals surface area contributed by atoms with Gasteiger partial charge in [-0.2, -0.15) is 13.2 Å². The first-order valence-electron chi connectivity index (χ1n) is 11.4. The number of amides is 1. The van der Waals surface area contributed by atoms with Crippen molar-refractivity contribution in [1.29, 1.82) is 0 Å². The third-order valence-corrected chi connectivity index (χ3v) is 6.07. The van der Waals surface area contributed by atoms with Crippen LogP contribution in [-0.2, 0) is 6.61 Å². The number of carbonyl (C=O) groups excluding carboxylic acids is 1. The fourth-order valence-corrected chi connectivity index (χ4v) is 4.20. The second kappa shape index (κ2) is 15.3. The van der Waals surface area contributed by atoms with Crippen LogP contribution in [0.5, 0.6) is 0 Å². The van der Waals surface area contributed by atoms with Crippen LogP contribution in [0.4, 0.5) is 18.9 Å². The van der Waals surface area contributed by atoms with E-state index in [1.165, 1.54) is 0 Å². The number of aliphatic hydroxyl groups is 3. The number of rotatable bonds is 4.